The molecule has 1 spiro atoms. The van der Waals surface area contributed by atoms with Gasteiger partial charge in [-0.1, -0.05) is 47.7 Å². The fraction of sp³-hybridized carbons (Fsp3) is 0.739. The van der Waals surface area contributed by atoms with Crippen molar-refractivity contribution in [3.8, 4) is 11.5 Å². The Hall–Kier alpha value is -0.740. The summed E-state index contributed by atoms with van der Waals surface area (Å²) in [6.45, 7) is 0. The largest absolute Gasteiger partial charge is 0.448 e. The van der Waals surface area contributed by atoms with Crippen LogP contribution in [0.25, 0.3) is 0 Å². The molecule has 2 atom stereocenters. The first-order chi connectivity index (χ1) is 13.3. The molecular weight excluding hydrogens is 404 g/mol. The van der Waals surface area contributed by atoms with Crippen LogP contribution >= 0.6 is 15.9 Å². The second kappa shape index (κ2) is 7.59. The van der Waals surface area contributed by atoms with Gasteiger partial charge in [0.1, 0.15) is 0 Å². The van der Waals surface area contributed by atoms with Gasteiger partial charge in [0, 0.05) is 23.7 Å². The third kappa shape index (κ3) is 3.42. The molecule has 4 aliphatic rings. The zero-order chi connectivity index (χ0) is 18.3. The van der Waals surface area contributed by atoms with Gasteiger partial charge in [-0.2, -0.15) is 0 Å². The van der Waals surface area contributed by atoms with Crippen molar-refractivity contribution in [2.24, 2.45) is 5.92 Å². The molecule has 148 valence electrons. The first kappa shape index (κ1) is 18.3. The van der Waals surface area contributed by atoms with E-state index in [1.54, 1.807) is 0 Å². The molecule has 0 radical (unpaired) electrons. The van der Waals surface area contributed by atoms with Crippen molar-refractivity contribution < 1.29 is 14.2 Å². The minimum Gasteiger partial charge on any atom is -0.448 e. The van der Waals surface area contributed by atoms with Gasteiger partial charge < -0.3 is 14.2 Å². The molecular formula is C23H31BrO3. The maximum atomic E-state index is 6.68. The third-order valence-corrected chi connectivity index (χ3v) is 7.73. The van der Waals surface area contributed by atoms with Gasteiger partial charge in [0.15, 0.2) is 11.5 Å². The third-order valence-electron chi connectivity index (χ3n) is 7.14. The van der Waals surface area contributed by atoms with Crippen molar-refractivity contribution in [3.63, 3.8) is 0 Å². The summed E-state index contributed by atoms with van der Waals surface area (Å²) in [4.78, 5) is 0. The van der Waals surface area contributed by atoms with Crippen molar-refractivity contribution >= 4 is 15.9 Å². The maximum absolute atomic E-state index is 6.68. The van der Waals surface area contributed by atoms with E-state index in [0.717, 1.165) is 48.4 Å². The molecule has 2 saturated carbocycles. The van der Waals surface area contributed by atoms with E-state index in [-0.39, 0.29) is 6.10 Å². The molecule has 0 amide bonds. The minimum absolute atomic E-state index is 0.117. The molecule has 4 heteroatoms. The second-order valence-corrected chi connectivity index (χ2v) is 9.54. The van der Waals surface area contributed by atoms with Gasteiger partial charge in [-0.3, -0.25) is 0 Å². The topological polar surface area (TPSA) is 27.7 Å². The Morgan fingerprint density at radius 2 is 1.70 bits per heavy atom. The Labute approximate surface area is 171 Å². The fourth-order valence-electron chi connectivity index (χ4n) is 5.69. The van der Waals surface area contributed by atoms with Crippen LogP contribution < -0.4 is 9.47 Å². The number of fused-ring (bicyclic) bond motifs is 3. The van der Waals surface area contributed by atoms with E-state index in [1.807, 2.05) is 0 Å². The van der Waals surface area contributed by atoms with Crippen molar-refractivity contribution in [2.45, 2.75) is 95.0 Å². The summed E-state index contributed by atoms with van der Waals surface area (Å²) >= 11 is 3.72. The van der Waals surface area contributed by atoms with Crippen LogP contribution in [-0.4, -0.2) is 17.2 Å². The van der Waals surface area contributed by atoms with Crippen LogP contribution in [0.5, 0.6) is 11.5 Å². The van der Waals surface area contributed by atoms with Crippen LogP contribution in [0.15, 0.2) is 12.1 Å². The number of hydrogen-bond donors (Lipinski definition) is 0. The Morgan fingerprint density at radius 3 is 2.48 bits per heavy atom. The Bertz CT molecular complexity index is 676. The SMILES string of the molecule is BrCC1OC(C2CCCCC2)CCc2c1ccc1c2OC2(CCCCC2)O1. The highest BCUT2D eigenvalue weighted by molar-refractivity contribution is 9.09. The lowest BCUT2D eigenvalue weighted by molar-refractivity contribution is -0.105. The predicted octanol–water partition coefficient (Wildman–Crippen LogP) is 6.47. The van der Waals surface area contributed by atoms with Gasteiger partial charge in [0.05, 0.1) is 12.2 Å². The second-order valence-electron chi connectivity index (χ2n) is 8.89. The number of halogens is 1. The van der Waals surface area contributed by atoms with Gasteiger partial charge in [0.25, 0.3) is 5.79 Å². The van der Waals surface area contributed by atoms with E-state index in [2.05, 4.69) is 28.1 Å². The number of benzene rings is 1. The zero-order valence-electron chi connectivity index (χ0n) is 16.2. The average Bonchev–Trinajstić information content (AvgIpc) is 2.95. The molecule has 27 heavy (non-hydrogen) atoms. The van der Waals surface area contributed by atoms with E-state index < -0.39 is 5.79 Å². The van der Waals surface area contributed by atoms with Gasteiger partial charge >= 0.3 is 0 Å². The van der Waals surface area contributed by atoms with Crippen LogP contribution in [0.3, 0.4) is 0 Å². The molecule has 2 fully saturated rings. The molecule has 0 saturated heterocycles. The minimum atomic E-state index is -0.393. The van der Waals surface area contributed by atoms with E-state index >= 15 is 0 Å². The number of ether oxygens (including phenoxy) is 3. The monoisotopic (exact) mass is 434 g/mol. The maximum Gasteiger partial charge on any atom is 0.251 e. The quantitative estimate of drug-likeness (QED) is 0.499. The zero-order valence-corrected chi connectivity index (χ0v) is 17.8. The normalized spacial score (nSPS) is 30.1. The van der Waals surface area contributed by atoms with Gasteiger partial charge in [-0.25, -0.2) is 0 Å². The summed E-state index contributed by atoms with van der Waals surface area (Å²) in [5, 5.41) is 0.841. The Morgan fingerprint density at radius 1 is 0.926 bits per heavy atom. The molecule has 1 aromatic carbocycles. The highest BCUT2D eigenvalue weighted by Gasteiger charge is 2.44. The molecule has 0 bridgehead atoms. The van der Waals surface area contributed by atoms with E-state index in [4.69, 9.17) is 14.2 Å². The highest BCUT2D eigenvalue weighted by atomic mass is 79.9. The highest BCUT2D eigenvalue weighted by Crippen LogP contribution is 2.51. The molecule has 3 nitrogen and oxygen atoms in total. The standard InChI is InChI=1S/C23H31BrO3/c24-15-21-17-9-12-20-22(27-23(26-20)13-5-2-6-14-23)18(17)10-11-19(25-21)16-7-3-1-4-8-16/h9,12,16,19,21H,1-8,10-11,13-15H2. The number of rotatable bonds is 2. The predicted molar refractivity (Wildman–Crippen MR) is 110 cm³/mol. The van der Waals surface area contributed by atoms with Crippen LogP contribution in [0.4, 0.5) is 0 Å². The van der Waals surface area contributed by atoms with Crippen molar-refractivity contribution in [3.05, 3.63) is 23.3 Å². The van der Waals surface area contributed by atoms with Crippen molar-refractivity contribution in [1.29, 1.82) is 0 Å². The molecule has 2 aliphatic heterocycles. The van der Waals surface area contributed by atoms with Crippen LogP contribution in [0, 0.1) is 5.92 Å². The molecule has 1 aromatic rings. The number of alkyl halides is 1. The van der Waals surface area contributed by atoms with Gasteiger partial charge in [-0.05, 0) is 56.1 Å². The first-order valence-corrected chi connectivity index (χ1v) is 12.2. The molecule has 0 aromatic heterocycles. The molecule has 2 heterocycles. The summed E-state index contributed by atoms with van der Waals surface area (Å²) in [5.41, 5.74) is 2.65. The summed E-state index contributed by atoms with van der Waals surface area (Å²) in [5.74, 6) is 2.31. The lowest BCUT2D eigenvalue weighted by atomic mass is 9.83. The lowest BCUT2D eigenvalue weighted by Gasteiger charge is -2.31. The molecule has 5 rings (SSSR count). The summed E-state index contributed by atoms with van der Waals surface area (Å²) in [6, 6.07) is 4.35. The van der Waals surface area contributed by atoms with Crippen molar-refractivity contribution in [1.82, 2.24) is 0 Å². The smallest absolute Gasteiger partial charge is 0.251 e. The molecule has 2 aliphatic carbocycles. The van der Waals surface area contributed by atoms with Gasteiger partial charge in [0.2, 0.25) is 0 Å². The van der Waals surface area contributed by atoms with Gasteiger partial charge in [-0.15, -0.1) is 0 Å². The Balaban J connectivity index is 1.43. The summed E-state index contributed by atoms with van der Waals surface area (Å²) in [6.07, 6.45) is 15.2. The molecule has 0 N–H and O–H groups in total. The summed E-state index contributed by atoms with van der Waals surface area (Å²) < 4.78 is 19.6. The van der Waals surface area contributed by atoms with Crippen LogP contribution in [-0.2, 0) is 11.2 Å². The number of hydrogen-bond acceptors (Lipinski definition) is 3. The van der Waals surface area contributed by atoms with Crippen LogP contribution in [0.2, 0.25) is 0 Å². The first-order valence-electron chi connectivity index (χ1n) is 11.0. The fourth-order valence-corrected chi connectivity index (χ4v) is 6.19. The van der Waals surface area contributed by atoms with Crippen molar-refractivity contribution in [2.75, 3.05) is 5.33 Å². The summed E-state index contributed by atoms with van der Waals surface area (Å²) in [7, 11) is 0. The van der Waals surface area contributed by atoms with Crippen LogP contribution in [0.1, 0.15) is 87.9 Å². The Kier molecular flexibility index (Phi) is 5.14. The lowest BCUT2D eigenvalue weighted by Crippen LogP contribution is -2.40. The average molecular weight is 435 g/mol. The van der Waals surface area contributed by atoms with E-state index in [0.29, 0.717) is 6.10 Å². The van der Waals surface area contributed by atoms with E-state index in [9.17, 15) is 0 Å². The van der Waals surface area contributed by atoms with E-state index in [1.165, 1.54) is 62.5 Å². The molecule has 2 unspecified atom stereocenters.